The fourth-order valence-corrected chi connectivity index (χ4v) is 4.19. The Bertz CT molecular complexity index is 426. The topological polar surface area (TPSA) is 66.8 Å². The Balaban J connectivity index is 1.74. The van der Waals surface area contributed by atoms with Crippen molar-refractivity contribution < 1.29 is 19.4 Å². The summed E-state index contributed by atoms with van der Waals surface area (Å²) in [5.74, 6) is -0.445. The predicted molar refractivity (Wildman–Crippen MR) is 76.7 cm³/mol. The number of carbonyl (C=O) groups excluding carboxylic acids is 1. The molecule has 5 nitrogen and oxygen atoms in total. The van der Waals surface area contributed by atoms with Crippen LogP contribution in [-0.2, 0) is 14.3 Å². The normalized spacial score (nSPS) is 31.6. The highest BCUT2D eigenvalue weighted by Crippen LogP contribution is 2.45. The van der Waals surface area contributed by atoms with Crippen molar-refractivity contribution in [2.45, 2.75) is 51.0 Å². The van der Waals surface area contributed by atoms with Crippen molar-refractivity contribution in [2.75, 3.05) is 19.7 Å². The Kier molecular flexibility index (Phi) is 3.95. The first-order valence-corrected chi connectivity index (χ1v) is 8.23. The Morgan fingerprint density at radius 2 is 1.90 bits per heavy atom. The van der Waals surface area contributed by atoms with Gasteiger partial charge in [-0.15, -0.1) is 0 Å². The second kappa shape index (κ2) is 5.59. The van der Waals surface area contributed by atoms with E-state index >= 15 is 0 Å². The SMILES string of the molecule is CCOC1(C(=O)N2C[C@H](C(=O)O)[C@@H](C3CC3)C2)CCCC1. The van der Waals surface area contributed by atoms with Crippen LogP contribution in [0.15, 0.2) is 0 Å². The van der Waals surface area contributed by atoms with Crippen LogP contribution in [0.2, 0.25) is 0 Å². The molecule has 0 aromatic heterocycles. The maximum Gasteiger partial charge on any atom is 0.308 e. The van der Waals surface area contributed by atoms with Gasteiger partial charge in [0.2, 0.25) is 0 Å². The lowest BCUT2D eigenvalue weighted by Crippen LogP contribution is -2.48. The second-order valence-electron chi connectivity index (χ2n) is 6.79. The van der Waals surface area contributed by atoms with Gasteiger partial charge in [-0.1, -0.05) is 0 Å². The molecule has 2 saturated carbocycles. The molecule has 1 saturated heterocycles. The van der Waals surface area contributed by atoms with Crippen LogP contribution >= 0.6 is 0 Å². The lowest BCUT2D eigenvalue weighted by atomic mass is 9.92. The molecule has 0 radical (unpaired) electrons. The number of nitrogens with zero attached hydrogens (tertiary/aromatic N) is 1. The molecule has 21 heavy (non-hydrogen) atoms. The van der Waals surface area contributed by atoms with E-state index in [1.54, 1.807) is 4.90 Å². The smallest absolute Gasteiger partial charge is 0.308 e. The van der Waals surface area contributed by atoms with Crippen LogP contribution in [0.5, 0.6) is 0 Å². The lowest BCUT2D eigenvalue weighted by molar-refractivity contribution is -0.157. The highest BCUT2D eigenvalue weighted by Gasteiger charge is 2.51. The standard InChI is InChI=1S/C16H25NO4/c1-2-21-16(7-3-4-8-16)15(20)17-9-12(11-5-6-11)13(10-17)14(18)19/h11-13H,2-10H2,1H3,(H,18,19)/t12-,13+/m1/s1. The van der Waals surface area contributed by atoms with Crippen molar-refractivity contribution >= 4 is 11.9 Å². The minimum Gasteiger partial charge on any atom is -0.481 e. The number of hydrogen-bond acceptors (Lipinski definition) is 3. The molecule has 1 amide bonds. The molecule has 0 aromatic rings. The number of aliphatic carboxylic acids is 1. The number of carbonyl (C=O) groups is 2. The van der Waals surface area contributed by atoms with Gasteiger partial charge in [0.25, 0.3) is 5.91 Å². The summed E-state index contributed by atoms with van der Waals surface area (Å²) in [5, 5.41) is 9.42. The average Bonchev–Trinajstić information content (AvgIpc) is 3.02. The number of hydrogen-bond donors (Lipinski definition) is 1. The van der Waals surface area contributed by atoms with Gasteiger partial charge in [-0.2, -0.15) is 0 Å². The molecule has 0 aromatic carbocycles. The van der Waals surface area contributed by atoms with Crippen molar-refractivity contribution in [3.8, 4) is 0 Å². The van der Waals surface area contributed by atoms with Gasteiger partial charge in [-0.05, 0) is 57.3 Å². The number of likely N-dealkylation sites (tertiary alicyclic amines) is 1. The number of carboxylic acids is 1. The van der Waals surface area contributed by atoms with Crippen LogP contribution in [0.1, 0.15) is 45.4 Å². The Hall–Kier alpha value is -1.10. The van der Waals surface area contributed by atoms with Gasteiger partial charge in [0.15, 0.2) is 0 Å². The van der Waals surface area contributed by atoms with Crippen molar-refractivity contribution in [3.63, 3.8) is 0 Å². The van der Waals surface area contributed by atoms with Gasteiger partial charge in [0, 0.05) is 19.7 Å². The van der Waals surface area contributed by atoms with Gasteiger partial charge in [0.05, 0.1) is 5.92 Å². The summed E-state index contributed by atoms with van der Waals surface area (Å²) in [4.78, 5) is 26.2. The summed E-state index contributed by atoms with van der Waals surface area (Å²) in [7, 11) is 0. The molecule has 2 aliphatic carbocycles. The Morgan fingerprint density at radius 3 is 2.43 bits per heavy atom. The first-order valence-electron chi connectivity index (χ1n) is 8.23. The lowest BCUT2D eigenvalue weighted by Gasteiger charge is -2.32. The first kappa shape index (κ1) is 14.8. The maximum absolute atomic E-state index is 12.9. The second-order valence-corrected chi connectivity index (χ2v) is 6.79. The molecule has 3 fully saturated rings. The monoisotopic (exact) mass is 295 g/mol. The molecule has 0 unspecified atom stereocenters. The molecule has 3 rings (SSSR count). The fourth-order valence-electron chi connectivity index (χ4n) is 4.19. The van der Waals surface area contributed by atoms with E-state index in [1.807, 2.05) is 6.92 Å². The van der Waals surface area contributed by atoms with Gasteiger partial charge in [-0.25, -0.2) is 0 Å². The van der Waals surface area contributed by atoms with Gasteiger partial charge in [-0.3, -0.25) is 9.59 Å². The summed E-state index contributed by atoms with van der Waals surface area (Å²) in [5.41, 5.74) is -0.670. The third-order valence-electron chi connectivity index (χ3n) is 5.42. The quantitative estimate of drug-likeness (QED) is 0.841. The molecule has 0 spiro atoms. The Morgan fingerprint density at radius 1 is 1.24 bits per heavy atom. The maximum atomic E-state index is 12.9. The zero-order valence-electron chi connectivity index (χ0n) is 12.7. The van der Waals surface area contributed by atoms with Crippen molar-refractivity contribution in [2.24, 2.45) is 17.8 Å². The number of ether oxygens (including phenoxy) is 1. The van der Waals surface area contributed by atoms with E-state index in [-0.39, 0.29) is 17.7 Å². The van der Waals surface area contributed by atoms with Crippen molar-refractivity contribution in [1.29, 1.82) is 0 Å². The van der Waals surface area contributed by atoms with E-state index in [2.05, 4.69) is 0 Å². The van der Waals surface area contributed by atoms with E-state index in [0.29, 0.717) is 25.6 Å². The van der Waals surface area contributed by atoms with Crippen LogP contribution in [0.4, 0.5) is 0 Å². The summed E-state index contributed by atoms with van der Waals surface area (Å²) in [6.07, 6.45) is 5.84. The van der Waals surface area contributed by atoms with E-state index in [9.17, 15) is 14.7 Å². The van der Waals surface area contributed by atoms with Gasteiger partial charge in [0.1, 0.15) is 5.60 Å². The van der Waals surface area contributed by atoms with Crippen LogP contribution in [0.3, 0.4) is 0 Å². The minimum atomic E-state index is -0.751. The largest absolute Gasteiger partial charge is 0.481 e. The molecule has 1 N–H and O–H groups in total. The number of rotatable bonds is 5. The highest BCUT2D eigenvalue weighted by atomic mass is 16.5. The molecular formula is C16H25NO4. The average molecular weight is 295 g/mol. The third kappa shape index (κ3) is 2.68. The van der Waals surface area contributed by atoms with Crippen LogP contribution in [0, 0.1) is 17.8 Å². The summed E-state index contributed by atoms with van der Waals surface area (Å²) in [6.45, 7) is 3.43. The Labute approximate surface area is 125 Å². The third-order valence-corrected chi connectivity index (χ3v) is 5.42. The van der Waals surface area contributed by atoms with E-state index in [0.717, 1.165) is 38.5 Å². The van der Waals surface area contributed by atoms with Crippen LogP contribution < -0.4 is 0 Å². The van der Waals surface area contributed by atoms with Crippen LogP contribution in [0.25, 0.3) is 0 Å². The molecule has 1 heterocycles. The van der Waals surface area contributed by atoms with Gasteiger partial charge < -0.3 is 14.7 Å². The molecule has 2 atom stereocenters. The molecule has 118 valence electrons. The molecule has 5 heteroatoms. The molecule has 0 bridgehead atoms. The zero-order valence-corrected chi connectivity index (χ0v) is 12.7. The van der Waals surface area contributed by atoms with E-state index < -0.39 is 11.6 Å². The van der Waals surface area contributed by atoms with Crippen LogP contribution in [-0.4, -0.2) is 47.2 Å². The number of carboxylic acid groups (broad SMARTS) is 1. The highest BCUT2D eigenvalue weighted by molar-refractivity contribution is 5.87. The summed E-state index contributed by atoms with van der Waals surface area (Å²) in [6, 6.07) is 0. The predicted octanol–water partition coefficient (Wildman–Crippen LogP) is 1.90. The summed E-state index contributed by atoms with van der Waals surface area (Å²) < 4.78 is 5.83. The van der Waals surface area contributed by atoms with Crippen molar-refractivity contribution in [3.05, 3.63) is 0 Å². The zero-order chi connectivity index (χ0) is 15.0. The first-order chi connectivity index (χ1) is 10.1. The van der Waals surface area contributed by atoms with Gasteiger partial charge >= 0.3 is 5.97 Å². The molecular weight excluding hydrogens is 270 g/mol. The van der Waals surface area contributed by atoms with E-state index in [1.165, 1.54) is 0 Å². The molecule has 1 aliphatic heterocycles. The minimum absolute atomic E-state index is 0.0382. The summed E-state index contributed by atoms with van der Waals surface area (Å²) >= 11 is 0. The fraction of sp³-hybridized carbons (Fsp3) is 0.875. The number of amides is 1. The molecule has 3 aliphatic rings. The van der Waals surface area contributed by atoms with E-state index in [4.69, 9.17) is 4.74 Å². The van der Waals surface area contributed by atoms with Crippen molar-refractivity contribution in [1.82, 2.24) is 4.90 Å².